The molecular weight excluding hydrogens is 222 g/mol. The summed E-state index contributed by atoms with van der Waals surface area (Å²) < 4.78 is 10.4. The Hall–Kier alpha value is -1.42. The lowest BCUT2D eigenvalue weighted by Crippen LogP contribution is -2.07. The Morgan fingerprint density at radius 3 is 3.06 bits per heavy atom. The third-order valence-corrected chi connectivity index (χ3v) is 3.24. The minimum Gasteiger partial charge on any atom is -0.466 e. The summed E-state index contributed by atoms with van der Waals surface area (Å²) in [5, 5.41) is 1.10. The van der Waals surface area contributed by atoms with Crippen LogP contribution < -0.4 is 0 Å². The zero-order valence-electron chi connectivity index (χ0n) is 9.32. The largest absolute Gasteiger partial charge is 0.466 e. The van der Waals surface area contributed by atoms with Crippen LogP contribution in [0.3, 0.4) is 0 Å². The normalized spacial score (nSPS) is 10.6. The SMILES string of the molecule is CCOC(=O)Cc1nsc2cccc(C)c12. The fraction of sp³-hybridized carbons (Fsp3) is 0.333. The maximum atomic E-state index is 11.4. The molecule has 0 N–H and O–H groups in total. The number of rotatable bonds is 3. The van der Waals surface area contributed by atoms with Gasteiger partial charge < -0.3 is 4.74 Å². The van der Waals surface area contributed by atoms with Gasteiger partial charge in [0.25, 0.3) is 0 Å². The van der Waals surface area contributed by atoms with E-state index in [1.54, 1.807) is 0 Å². The summed E-state index contributed by atoms with van der Waals surface area (Å²) in [6, 6.07) is 6.06. The number of hydrogen-bond acceptors (Lipinski definition) is 4. The third-order valence-electron chi connectivity index (χ3n) is 2.39. The summed E-state index contributed by atoms with van der Waals surface area (Å²) in [6.07, 6.45) is 0.263. The molecule has 0 spiro atoms. The molecule has 0 aliphatic carbocycles. The first kappa shape index (κ1) is 11.1. The van der Waals surface area contributed by atoms with Crippen molar-refractivity contribution in [1.82, 2.24) is 4.37 Å². The zero-order chi connectivity index (χ0) is 11.5. The lowest BCUT2D eigenvalue weighted by Gasteiger charge is -2.01. The van der Waals surface area contributed by atoms with E-state index in [1.165, 1.54) is 11.5 Å². The highest BCUT2D eigenvalue weighted by molar-refractivity contribution is 7.13. The van der Waals surface area contributed by atoms with Crippen LogP contribution in [0.15, 0.2) is 18.2 Å². The average molecular weight is 235 g/mol. The van der Waals surface area contributed by atoms with Gasteiger partial charge in [0.1, 0.15) is 0 Å². The van der Waals surface area contributed by atoms with Crippen LogP contribution >= 0.6 is 11.5 Å². The highest BCUT2D eigenvalue weighted by Gasteiger charge is 2.12. The number of benzene rings is 1. The first-order valence-electron chi connectivity index (χ1n) is 5.22. The average Bonchev–Trinajstić information content (AvgIpc) is 2.63. The molecule has 0 amide bonds. The number of esters is 1. The molecule has 0 aliphatic heterocycles. The van der Waals surface area contributed by atoms with Crippen LogP contribution in [0.25, 0.3) is 10.1 Å². The Morgan fingerprint density at radius 1 is 1.50 bits per heavy atom. The third kappa shape index (κ3) is 2.07. The van der Waals surface area contributed by atoms with E-state index in [-0.39, 0.29) is 12.4 Å². The molecule has 0 saturated carbocycles. The number of aryl methyl sites for hydroxylation is 1. The van der Waals surface area contributed by atoms with Gasteiger partial charge in [-0.1, -0.05) is 12.1 Å². The second kappa shape index (κ2) is 4.61. The van der Waals surface area contributed by atoms with Crippen molar-refractivity contribution in [2.24, 2.45) is 0 Å². The van der Waals surface area contributed by atoms with E-state index in [4.69, 9.17) is 4.74 Å². The molecule has 0 radical (unpaired) electrons. The molecule has 0 unspecified atom stereocenters. The number of hydrogen-bond donors (Lipinski definition) is 0. The molecule has 84 valence electrons. The van der Waals surface area contributed by atoms with Crippen molar-refractivity contribution >= 4 is 27.6 Å². The maximum Gasteiger partial charge on any atom is 0.311 e. The quantitative estimate of drug-likeness (QED) is 0.768. The van der Waals surface area contributed by atoms with E-state index >= 15 is 0 Å². The molecule has 2 rings (SSSR count). The molecule has 16 heavy (non-hydrogen) atoms. The lowest BCUT2D eigenvalue weighted by atomic mass is 10.1. The number of nitrogens with zero attached hydrogens (tertiary/aromatic N) is 1. The summed E-state index contributed by atoms with van der Waals surface area (Å²) in [5.74, 6) is -0.210. The van der Waals surface area contributed by atoms with Gasteiger partial charge in [0.05, 0.1) is 23.4 Å². The number of aromatic nitrogens is 1. The summed E-state index contributed by atoms with van der Waals surface area (Å²) in [7, 11) is 0. The van der Waals surface area contributed by atoms with E-state index in [2.05, 4.69) is 4.37 Å². The molecular formula is C12H13NO2S. The van der Waals surface area contributed by atoms with Crippen LogP contribution in [0.1, 0.15) is 18.2 Å². The second-order valence-corrected chi connectivity index (χ2v) is 4.36. The van der Waals surface area contributed by atoms with Gasteiger partial charge in [-0.05, 0) is 37.0 Å². The number of fused-ring (bicyclic) bond motifs is 1. The van der Waals surface area contributed by atoms with Crippen molar-refractivity contribution in [3.05, 3.63) is 29.5 Å². The highest BCUT2D eigenvalue weighted by atomic mass is 32.1. The Bertz CT molecular complexity index is 519. The maximum absolute atomic E-state index is 11.4. The molecule has 0 fully saturated rings. The van der Waals surface area contributed by atoms with Crippen LogP contribution in [0, 0.1) is 6.92 Å². The first-order chi connectivity index (χ1) is 7.72. The molecule has 0 bridgehead atoms. The molecule has 1 aromatic heterocycles. The smallest absolute Gasteiger partial charge is 0.311 e. The van der Waals surface area contributed by atoms with Gasteiger partial charge in [-0.25, -0.2) is 0 Å². The van der Waals surface area contributed by atoms with Crippen molar-refractivity contribution < 1.29 is 9.53 Å². The van der Waals surface area contributed by atoms with Gasteiger partial charge in [-0.2, -0.15) is 4.37 Å². The number of ether oxygens (including phenoxy) is 1. The van der Waals surface area contributed by atoms with E-state index in [0.29, 0.717) is 6.61 Å². The second-order valence-electron chi connectivity index (χ2n) is 3.56. The summed E-state index contributed by atoms with van der Waals surface area (Å²) in [6.45, 7) is 4.26. The fourth-order valence-corrected chi connectivity index (χ4v) is 2.58. The van der Waals surface area contributed by atoms with E-state index in [1.807, 2.05) is 32.0 Å². The van der Waals surface area contributed by atoms with Crippen LogP contribution in [-0.4, -0.2) is 16.9 Å². The number of carbonyl (C=O) groups excluding carboxylic acids is 1. The minimum atomic E-state index is -0.210. The summed E-state index contributed by atoms with van der Waals surface area (Å²) in [5.41, 5.74) is 1.99. The molecule has 1 heterocycles. The van der Waals surface area contributed by atoms with E-state index in [0.717, 1.165) is 21.3 Å². The molecule has 1 aromatic carbocycles. The van der Waals surface area contributed by atoms with E-state index < -0.39 is 0 Å². The van der Waals surface area contributed by atoms with Crippen molar-refractivity contribution in [2.75, 3.05) is 6.61 Å². The summed E-state index contributed by atoms with van der Waals surface area (Å²) in [4.78, 5) is 11.4. The van der Waals surface area contributed by atoms with Crippen molar-refractivity contribution in [2.45, 2.75) is 20.3 Å². The Balaban J connectivity index is 2.34. The Morgan fingerprint density at radius 2 is 2.31 bits per heavy atom. The molecule has 4 heteroatoms. The molecule has 0 aliphatic rings. The van der Waals surface area contributed by atoms with Crippen LogP contribution in [0.2, 0.25) is 0 Å². The predicted octanol–water partition coefficient (Wildman–Crippen LogP) is 2.71. The summed E-state index contributed by atoms with van der Waals surface area (Å²) >= 11 is 1.43. The Labute approximate surface area is 98.2 Å². The van der Waals surface area contributed by atoms with Gasteiger partial charge in [0.15, 0.2) is 0 Å². The van der Waals surface area contributed by atoms with Gasteiger partial charge >= 0.3 is 5.97 Å². The fourth-order valence-electron chi connectivity index (χ4n) is 1.71. The van der Waals surface area contributed by atoms with Crippen molar-refractivity contribution in [3.8, 4) is 0 Å². The van der Waals surface area contributed by atoms with Gasteiger partial charge in [0, 0.05) is 5.39 Å². The van der Waals surface area contributed by atoms with Crippen molar-refractivity contribution in [3.63, 3.8) is 0 Å². The van der Waals surface area contributed by atoms with E-state index in [9.17, 15) is 4.79 Å². The molecule has 0 saturated heterocycles. The topological polar surface area (TPSA) is 39.2 Å². The zero-order valence-corrected chi connectivity index (χ0v) is 10.1. The lowest BCUT2D eigenvalue weighted by molar-refractivity contribution is -0.142. The number of carbonyl (C=O) groups is 1. The molecule has 2 aromatic rings. The van der Waals surface area contributed by atoms with Crippen LogP contribution in [0.5, 0.6) is 0 Å². The first-order valence-corrected chi connectivity index (χ1v) is 5.99. The standard InChI is InChI=1S/C12H13NO2S/c1-3-15-11(14)7-9-12-8(2)5-4-6-10(12)16-13-9/h4-6H,3,7H2,1-2H3. The van der Waals surface area contributed by atoms with Gasteiger partial charge in [0.2, 0.25) is 0 Å². The predicted molar refractivity (Wildman–Crippen MR) is 64.7 cm³/mol. The minimum absolute atomic E-state index is 0.210. The van der Waals surface area contributed by atoms with Gasteiger partial charge in [-0.15, -0.1) is 0 Å². The highest BCUT2D eigenvalue weighted by Crippen LogP contribution is 2.26. The van der Waals surface area contributed by atoms with Crippen LogP contribution in [-0.2, 0) is 16.0 Å². The van der Waals surface area contributed by atoms with Gasteiger partial charge in [-0.3, -0.25) is 4.79 Å². The molecule has 0 atom stereocenters. The van der Waals surface area contributed by atoms with Crippen LogP contribution in [0.4, 0.5) is 0 Å². The molecule has 3 nitrogen and oxygen atoms in total. The van der Waals surface area contributed by atoms with Crippen molar-refractivity contribution in [1.29, 1.82) is 0 Å². The monoisotopic (exact) mass is 235 g/mol. The Kier molecular flexibility index (Phi) is 3.19.